The second-order valence-electron chi connectivity index (χ2n) is 4.00. The number of hydrogen-bond acceptors (Lipinski definition) is 8. The van der Waals surface area contributed by atoms with E-state index in [-0.39, 0.29) is 22.1 Å². The van der Waals surface area contributed by atoms with Gasteiger partial charge in [-0.1, -0.05) is 26.7 Å². The van der Waals surface area contributed by atoms with Gasteiger partial charge in [0, 0.05) is 10.4 Å². The molecule has 131 valence electrons. The molecule has 0 spiro atoms. The summed E-state index contributed by atoms with van der Waals surface area (Å²) in [7, 11) is -9.43. The van der Waals surface area contributed by atoms with Gasteiger partial charge in [0.1, 0.15) is 0 Å². The molecule has 0 amide bonds. The first kappa shape index (κ1) is 23.6. The summed E-state index contributed by atoms with van der Waals surface area (Å²) in [6.07, 6.45) is 4.35. The van der Waals surface area contributed by atoms with Crippen LogP contribution in [-0.2, 0) is 50.4 Å². The van der Waals surface area contributed by atoms with E-state index in [2.05, 4.69) is 9.97 Å². The number of hydrogen-bond donors (Lipinski definition) is 1. The Hall–Kier alpha value is -0.621. The molecular formula is C10H16CuN2O7S2. The number of rotatable bonds is 5. The fraction of sp³-hybridized carbons (Fsp3) is 0.600. The Morgan fingerprint density at radius 1 is 1.09 bits per heavy atom. The van der Waals surface area contributed by atoms with Crippen LogP contribution in [-0.4, -0.2) is 40.5 Å². The average Bonchev–Trinajstić information content (AvgIpc) is 2.26. The first-order chi connectivity index (χ1) is 9.49. The van der Waals surface area contributed by atoms with Crippen LogP contribution >= 0.6 is 0 Å². The van der Waals surface area contributed by atoms with Gasteiger partial charge in [-0.3, -0.25) is 18.0 Å². The second kappa shape index (κ2) is 10.2. The van der Waals surface area contributed by atoms with Crippen LogP contribution in [0.4, 0.5) is 0 Å². The molecule has 0 saturated carbocycles. The van der Waals surface area contributed by atoms with Crippen LogP contribution in [0.25, 0.3) is 0 Å². The molecular weight excluding hydrogens is 388 g/mol. The van der Waals surface area contributed by atoms with E-state index in [1.165, 1.54) is 6.20 Å². The van der Waals surface area contributed by atoms with Crippen molar-refractivity contribution in [2.75, 3.05) is 0 Å². The Kier molecular flexibility index (Phi) is 11.0. The number of aromatic nitrogens is 2. The molecule has 22 heavy (non-hydrogen) atoms. The maximum atomic E-state index is 11.1. The van der Waals surface area contributed by atoms with Crippen LogP contribution < -0.4 is 0 Å². The molecule has 0 aliphatic heterocycles. The first-order valence-corrected chi connectivity index (χ1v) is 8.75. The van der Waals surface area contributed by atoms with E-state index < -0.39 is 20.5 Å². The third kappa shape index (κ3) is 11.0. The molecule has 1 aromatic heterocycles. The SMILES string of the molecule is CCCc1cnc(S(=O)(=O)O)c(CCC)n1.O=S(=O)([O-])[O-].[Cu+2]. The summed E-state index contributed by atoms with van der Waals surface area (Å²) in [5, 5.41) is -0.311. The minimum absolute atomic E-state index is 0. The molecule has 0 aliphatic rings. The molecule has 0 aromatic carbocycles. The van der Waals surface area contributed by atoms with Crippen molar-refractivity contribution in [2.45, 2.75) is 44.6 Å². The van der Waals surface area contributed by atoms with Gasteiger partial charge in [-0.2, -0.15) is 8.42 Å². The zero-order chi connectivity index (χ0) is 16.7. The molecule has 0 aliphatic carbocycles. The van der Waals surface area contributed by atoms with Crippen molar-refractivity contribution < 1.29 is 47.6 Å². The molecule has 0 atom stereocenters. The van der Waals surface area contributed by atoms with Gasteiger partial charge in [0.25, 0.3) is 0 Å². The van der Waals surface area contributed by atoms with E-state index in [0.717, 1.165) is 25.0 Å². The third-order valence-corrected chi connectivity index (χ3v) is 2.92. The monoisotopic (exact) mass is 403 g/mol. The maximum Gasteiger partial charge on any atom is 2.00 e. The zero-order valence-electron chi connectivity index (χ0n) is 11.8. The van der Waals surface area contributed by atoms with Crippen molar-refractivity contribution in [1.29, 1.82) is 0 Å². The van der Waals surface area contributed by atoms with Crippen molar-refractivity contribution in [1.82, 2.24) is 9.97 Å². The summed E-state index contributed by atoms with van der Waals surface area (Å²) < 4.78 is 65.2. The van der Waals surface area contributed by atoms with Crippen molar-refractivity contribution >= 4 is 20.5 Å². The number of aryl methyl sites for hydroxylation is 2. The minimum atomic E-state index is -5.17. The van der Waals surface area contributed by atoms with Gasteiger partial charge in [0.2, 0.25) is 5.03 Å². The van der Waals surface area contributed by atoms with Crippen LogP contribution in [0.15, 0.2) is 11.2 Å². The van der Waals surface area contributed by atoms with E-state index >= 15 is 0 Å². The van der Waals surface area contributed by atoms with Gasteiger partial charge in [-0.25, -0.2) is 4.98 Å². The van der Waals surface area contributed by atoms with Gasteiger partial charge >= 0.3 is 27.2 Å². The molecule has 1 heterocycles. The molecule has 0 bridgehead atoms. The van der Waals surface area contributed by atoms with E-state index in [4.69, 9.17) is 22.1 Å². The fourth-order valence-corrected chi connectivity index (χ4v) is 2.08. The molecule has 1 N–H and O–H groups in total. The van der Waals surface area contributed by atoms with Crippen LogP contribution in [0.5, 0.6) is 0 Å². The molecule has 0 fully saturated rings. The first-order valence-electron chi connectivity index (χ1n) is 5.98. The summed E-state index contributed by atoms with van der Waals surface area (Å²) in [5.41, 5.74) is 1.12. The molecule has 12 heteroatoms. The van der Waals surface area contributed by atoms with Crippen LogP contribution in [0, 0.1) is 0 Å². The summed E-state index contributed by atoms with van der Waals surface area (Å²) in [4.78, 5) is 8.00. The van der Waals surface area contributed by atoms with Gasteiger partial charge in [0.15, 0.2) is 0 Å². The van der Waals surface area contributed by atoms with Gasteiger partial charge in [-0.15, -0.1) is 0 Å². The molecule has 0 saturated heterocycles. The zero-order valence-corrected chi connectivity index (χ0v) is 14.4. The van der Waals surface area contributed by atoms with Crippen LogP contribution in [0.2, 0.25) is 0 Å². The third-order valence-electron chi connectivity index (χ3n) is 2.09. The van der Waals surface area contributed by atoms with Crippen LogP contribution in [0.1, 0.15) is 38.1 Å². The molecule has 1 aromatic rings. The van der Waals surface area contributed by atoms with E-state index in [1.54, 1.807) is 0 Å². The summed E-state index contributed by atoms with van der Waals surface area (Å²) in [5.74, 6) is 0. The van der Waals surface area contributed by atoms with Crippen molar-refractivity contribution in [2.24, 2.45) is 0 Å². The Balaban J connectivity index is 0. The summed E-state index contributed by atoms with van der Waals surface area (Å²) >= 11 is 0. The standard InChI is InChI=1S/C10H16N2O3S.Cu.H2O4S/c1-3-5-8-7-11-10(16(13,14)15)9(12-8)6-4-2;;1-5(2,3)4/h7H,3-6H2,1-2H3,(H,13,14,15);;(H2,1,2,3,4)/q;+2;/p-2. The maximum absolute atomic E-state index is 11.1. The predicted molar refractivity (Wildman–Crippen MR) is 70.3 cm³/mol. The molecule has 0 unspecified atom stereocenters. The van der Waals surface area contributed by atoms with Gasteiger partial charge in [0.05, 0.1) is 17.6 Å². The molecule has 9 nitrogen and oxygen atoms in total. The predicted octanol–water partition coefficient (Wildman–Crippen LogP) is 0.288. The van der Waals surface area contributed by atoms with E-state index in [9.17, 15) is 8.42 Å². The second-order valence-corrected chi connectivity index (χ2v) is 6.15. The van der Waals surface area contributed by atoms with E-state index in [0.29, 0.717) is 12.1 Å². The Morgan fingerprint density at radius 2 is 1.55 bits per heavy atom. The van der Waals surface area contributed by atoms with Crippen LogP contribution in [0.3, 0.4) is 0 Å². The Bertz CT molecular complexity index is 654. The van der Waals surface area contributed by atoms with Crippen molar-refractivity contribution in [3.05, 3.63) is 17.6 Å². The Labute approximate surface area is 140 Å². The molecule has 1 radical (unpaired) electrons. The van der Waals surface area contributed by atoms with Gasteiger partial charge in [-0.05, 0) is 12.8 Å². The van der Waals surface area contributed by atoms with Crippen molar-refractivity contribution in [3.63, 3.8) is 0 Å². The van der Waals surface area contributed by atoms with Crippen molar-refractivity contribution in [3.8, 4) is 0 Å². The fourth-order valence-electron chi connectivity index (χ4n) is 1.45. The average molecular weight is 404 g/mol. The minimum Gasteiger partial charge on any atom is -0.759 e. The largest absolute Gasteiger partial charge is 2.00 e. The Morgan fingerprint density at radius 3 is 1.91 bits per heavy atom. The van der Waals surface area contributed by atoms with Gasteiger partial charge < -0.3 is 9.11 Å². The summed E-state index contributed by atoms with van der Waals surface area (Å²) in [6, 6.07) is 0. The molecule has 1 rings (SSSR count). The normalized spacial score (nSPS) is 11.1. The van der Waals surface area contributed by atoms with E-state index in [1.807, 2.05) is 13.8 Å². The topological polar surface area (TPSA) is 160 Å². The smallest absolute Gasteiger partial charge is 0.759 e. The number of nitrogens with zero attached hydrogens (tertiary/aromatic N) is 2. The summed E-state index contributed by atoms with van der Waals surface area (Å²) in [6.45, 7) is 3.93. The quantitative estimate of drug-likeness (QED) is 0.413.